The first kappa shape index (κ1) is 14.1. The number of aromatic nitrogens is 3. The van der Waals surface area contributed by atoms with E-state index >= 15 is 0 Å². The van der Waals surface area contributed by atoms with Gasteiger partial charge in [0.2, 0.25) is 5.95 Å². The Morgan fingerprint density at radius 3 is 2.52 bits per heavy atom. The summed E-state index contributed by atoms with van der Waals surface area (Å²) in [5.41, 5.74) is 0.536. The molecule has 0 N–H and O–H groups in total. The lowest BCUT2D eigenvalue weighted by atomic mass is 9.89. The zero-order valence-electron chi connectivity index (χ0n) is 12.9. The van der Waals surface area contributed by atoms with Crippen LogP contribution in [0.2, 0.25) is 0 Å². The molecular formula is C17H19N5O. The van der Waals surface area contributed by atoms with Crippen LogP contribution in [0.4, 0.5) is 5.95 Å². The number of nitrogens with zero attached hydrogens (tertiary/aromatic N) is 5. The van der Waals surface area contributed by atoms with Crippen LogP contribution in [0.15, 0.2) is 42.9 Å². The lowest BCUT2D eigenvalue weighted by Gasteiger charge is -2.34. The summed E-state index contributed by atoms with van der Waals surface area (Å²) >= 11 is 0. The van der Waals surface area contributed by atoms with Gasteiger partial charge in [-0.3, -0.25) is 9.78 Å². The Bertz CT molecular complexity index is 678. The number of amides is 1. The Balaban J connectivity index is 1.45. The van der Waals surface area contributed by atoms with Crippen molar-refractivity contribution in [1.29, 1.82) is 0 Å². The maximum atomic E-state index is 12.6. The average Bonchev–Trinajstić information content (AvgIpc) is 3.06. The van der Waals surface area contributed by atoms with Gasteiger partial charge >= 0.3 is 0 Å². The maximum Gasteiger partial charge on any atom is 0.272 e. The Labute approximate surface area is 135 Å². The molecule has 4 rings (SSSR count). The molecular weight excluding hydrogens is 290 g/mol. The number of likely N-dealkylation sites (tertiary alicyclic amines) is 1. The second-order valence-corrected chi connectivity index (χ2v) is 6.23. The van der Waals surface area contributed by atoms with Crippen molar-refractivity contribution in [2.75, 3.05) is 31.1 Å². The number of rotatable bonds is 2. The standard InChI is InChI=1S/C17H19N5O/c23-16(15-4-1-2-6-18-15)22-10-13-5-9-21(11-14(13)12-22)17-19-7-3-8-20-17/h1-4,6-8,13-14H,5,9-12H2/t13-,14+/m0/s1. The third-order valence-electron chi connectivity index (χ3n) is 4.81. The van der Waals surface area contributed by atoms with Crippen molar-refractivity contribution < 1.29 is 4.79 Å². The summed E-state index contributed by atoms with van der Waals surface area (Å²) in [4.78, 5) is 29.6. The summed E-state index contributed by atoms with van der Waals surface area (Å²) in [5, 5.41) is 0. The highest BCUT2D eigenvalue weighted by Gasteiger charge is 2.39. The molecule has 6 heteroatoms. The Morgan fingerprint density at radius 1 is 0.957 bits per heavy atom. The number of hydrogen-bond acceptors (Lipinski definition) is 5. The summed E-state index contributed by atoms with van der Waals surface area (Å²) < 4.78 is 0. The van der Waals surface area contributed by atoms with E-state index in [0.717, 1.165) is 38.5 Å². The van der Waals surface area contributed by atoms with Gasteiger partial charge in [-0.05, 0) is 36.5 Å². The van der Waals surface area contributed by atoms with Gasteiger partial charge in [0.05, 0.1) is 0 Å². The zero-order valence-corrected chi connectivity index (χ0v) is 12.9. The smallest absolute Gasteiger partial charge is 0.272 e. The SMILES string of the molecule is O=C(c1ccccn1)N1C[C@@H]2CCN(c3ncccn3)C[C@@H]2C1. The Morgan fingerprint density at radius 2 is 1.74 bits per heavy atom. The fourth-order valence-corrected chi connectivity index (χ4v) is 3.62. The predicted molar refractivity (Wildman–Crippen MR) is 86.0 cm³/mol. The van der Waals surface area contributed by atoms with Crippen LogP contribution < -0.4 is 4.90 Å². The fourth-order valence-electron chi connectivity index (χ4n) is 3.62. The average molecular weight is 309 g/mol. The molecule has 0 spiro atoms. The van der Waals surface area contributed by atoms with E-state index in [1.54, 1.807) is 24.7 Å². The molecule has 0 radical (unpaired) electrons. The minimum atomic E-state index is 0.0440. The molecule has 0 saturated carbocycles. The molecule has 6 nitrogen and oxygen atoms in total. The van der Waals surface area contributed by atoms with E-state index < -0.39 is 0 Å². The number of hydrogen-bond donors (Lipinski definition) is 0. The number of carbonyl (C=O) groups excluding carboxylic acids is 1. The van der Waals surface area contributed by atoms with Crippen molar-refractivity contribution in [1.82, 2.24) is 19.9 Å². The summed E-state index contributed by atoms with van der Waals surface area (Å²) in [6, 6.07) is 7.31. The second kappa shape index (κ2) is 5.95. The quantitative estimate of drug-likeness (QED) is 0.840. The first-order chi connectivity index (χ1) is 11.3. The third kappa shape index (κ3) is 2.76. The van der Waals surface area contributed by atoms with Gasteiger partial charge in [-0.2, -0.15) is 0 Å². The molecule has 4 heterocycles. The normalized spacial score (nSPS) is 23.7. The maximum absolute atomic E-state index is 12.6. The van der Waals surface area contributed by atoms with Crippen molar-refractivity contribution in [3.63, 3.8) is 0 Å². The molecule has 118 valence electrons. The van der Waals surface area contributed by atoms with E-state index in [4.69, 9.17) is 0 Å². The molecule has 2 saturated heterocycles. The lowest BCUT2D eigenvalue weighted by Crippen LogP contribution is -2.40. The minimum Gasteiger partial charge on any atom is -0.340 e. The van der Waals surface area contributed by atoms with Crippen molar-refractivity contribution in [3.8, 4) is 0 Å². The molecule has 1 amide bonds. The number of piperidine rings is 1. The summed E-state index contributed by atoms with van der Waals surface area (Å²) in [6.45, 7) is 3.50. The van der Waals surface area contributed by atoms with E-state index in [1.807, 2.05) is 23.1 Å². The summed E-state index contributed by atoms with van der Waals surface area (Å²) in [5.74, 6) is 1.89. The highest BCUT2D eigenvalue weighted by atomic mass is 16.2. The zero-order chi connectivity index (χ0) is 15.6. The van der Waals surface area contributed by atoms with Gasteiger partial charge in [-0.15, -0.1) is 0 Å². The van der Waals surface area contributed by atoms with Crippen LogP contribution in [-0.4, -0.2) is 51.9 Å². The first-order valence-corrected chi connectivity index (χ1v) is 8.03. The van der Waals surface area contributed by atoms with Crippen LogP contribution in [0.25, 0.3) is 0 Å². The lowest BCUT2D eigenvalue weighted by molar-refractivity contribution is 0.0778. The van der Waals surface area contributed by atoms with Gasteiger partial charge in [0, 0.05) is 44.8 Å². The van der Waals surface area contributed by atoms with Gasteiger partial charge in [0.25, 0.3) is 5.91 Å². The van der Waals surface area contributed by atoms with E-state index in [0.29, 0.717) is 17.5 Å². The monoisotopic (exact) mass is 309 g/mol. The van der Waals surface area contributed by atoms with Crippen LogP contribution >= 0.6 is 0 Å². The number of anilines is 1. The van der Waals surface area contributed by atoms with Gasteiger partial charge in [-0.1, -0.05) is 6.07 Å². The molecule has 0 aliphatic carbocycles. The largest absolute Gasteiger partial charge is 0.340 e. The molecule has 2 aliphatic rings. The Kier molecular flexibility index (Phi) is 3.65. The first-order valence-electron chi connectivity index (χ1n) is 8.03. The molecule has 0 aromatic carbocycles. The highest BCUT2D eigenvalue weighted by Crippen LogP contribution is 2.32. The van der Waals surface area contributed by atoms with Gasteiger partial charge in [-0.25, -0.2) is 9.97 Å². The van der Waals surface area contributed by atoms with E-state index in [1.165, 1.54) is 0 Å². The van der Waals surface area contributed by atoms with E-state index in [-0.39, 0.29) is 5.91 Å². The fraction of sp³-hybridized carbons (Fsp3) is 0.412. The van der Waals surface area contributed by atoms with Crippen molar-refractivity contribution in [2.24, 2.45) is 11.8 Å². The van der Waals surface area contributed by atoms with Gasteiger partial charge in [0.1, 0.15) is 5.69 Å². The van der Waals surface area contributed by atoms with Crippen LogP contribution in [0.1, 0.15) is 16.9 Å². The van der Waals surface area contributed by atoms with Crippen LogP contribution in [0.3, 0.4) is 0 Å². The topological polar surface area (TPSA) is 62.2 Å². The molecule has 0 unspecified atom stereocenters. The summed E-state index contributed by atoms with van der Waals surface area (Å²) in [7, 11) is 0. The number of carbonyl (C=O) groups is 1. The second-order valence-electron chi connectivity index (χ2n) is 6.23. The molecule has 23 heavy (non-hydrogen) atoms. The molecule has 2 atom stereocenters. The Hall–Kier alpha value is -2.50. The minimum absolute atomic E-state index is 0.0440. The van der Waals surface area contributed by atoms with Gasteiger partial charge in [0.15, 0.2) is 0 Å². The summed E-state index contributed by atoms with van der Waals surface area (Å²) in [6.07, 6.45) is 6.31. The van der Waals surface area contributed by atoms with Gasteiger partial charge < -0.3 is 9.80 Å². The predicted octanol–water partition coefficient (Wildman–Crippen LogP) is 1.47. The van der Waals surface area contributed by atoms with Crippen LogP contribution in [0.5, 0.6) is 0 Å². The number of pyridine rings is 1. The van der Waals surface area contributed by atoms with Crippen LogP contribution in [0, 0.1) is 11.8 Å². The van der Waals surface area contributed by atoms with Crippen molar-refractivity contribution >= 4 is 11.9 Å². The third-order valence-corrected chi connectivity index (χ3v) is 4.81. The van der Waals surface area contributed by atoms with E-state index in [9.17, 15) is 4.79 Å². The molecule has 2 aliphatic heterocycles. The van der Waals surface area contributed by atoms with Crippen molar-refractivity contribution in [3.05, 3.63) is 48.5 Å². The van der Waals surface area contributed by atoms with Crippen LogP contribution in [-0.2, 0) is 0 Å². The molecule has 2 aromatic rings. The van der Waals surface area contributed by atoms with E-state index in [2.05, 4.69) is 19.9 Å². The molecule has 2 aromatic heterocycles. The highest BCUT2D eigenvalue weighted by molar-refractivity contribution is 5.92. The number of fused-ring (bicyclic) bond motifs is 1. The molecule has 0 bridgehead atoms. The molecule has 2 fully saturated rings. The van der Waals surface area contributed by atoms with Crippen molar-refractivity contribution in [2.45, 2.75) is 6.42 Å².